The summed E-state index contributed by atoms with van der Waals surface area (Å²) in [4.78, 5) is 18.8. The Morgan fingerprint density at radius 1 is 1.33 bits per heavy atom. The van der Waals surface area contributed by atoms with Gasteiger partial charge in [0.25, 0.3) is 5.91 Å². The van der Waals surface area contributed by atoms with E-state index in [1.165, 1.54) is 18.1 Å². The van der Waals surface area contributed by atoms with Gasteiger partial charge in [-0.1, -0.05) is 30.0 Å². The number of H-pyrrole nitrogens is 1. The molecule has 1 N–H and O–H groups in total. The van der Waals surface area contributed by atoms with Gasteiger partial charge < -0.3 is 9.32 Å². The van der Waals surface area contributed by atoms with Gasteiger partial charge in [-0.2, -0.15) is 5.10 Å². The van der Waals surface area contributed by atoms with Crippen molar-refractivity contribution in [3.05, 3.63) is 65.9 Å². The maximum atomic E-state index is 12.9. The molecule has 24 heavy (non-hydrogen) atoms. The lowest BCUT2D eigenvalue weighted by atomic mass is 10.1. The van der Waals surface area contributed by atoms with Crippen LogP contribution in [0.25, 0.3) is 0 Å². The number of nitrogens with one attached hydrogen (secondary N) is 1. The van der Waals surface area contributed by atoms with E-state index < -0.39 is 0 Å². The second-order valence-electron chi connectivity index (χ2n) is 5.19. The Bertz CT molecular complexity index is 772. The molecular formula is C17H18N4O2S. The third-order valence-electron chi connectivity index (χ3n) is 3.63. The van der Waals surface area contributed by atoms with Crippen molar-refractivity contribution in [2.24, 2.45) is 0 Å². The topological polar surface area (TPSA) is 75.0 Å². The SMILES string of the molecule is CCN(Cc1ccoc1)C(=O)c1ccccc1CSc1ncn[nH]1. The Kier molecular flexibility index (Phi) is 5.32. The number of furan rings is 1. The monoisotopic (exact) mass is 342 g/mol. The van der Waals surface area contributed by atoms with E-state index >= 15 is 0 Å². The molecule has 0 atom stereocenters. The zero-order valence-electron chi connectivity index (χ0n) is 13.3. The van der Waals surface area contributed by atoms with E-state index in [1.54, 1.807) is 12.5 Å². The molecule has 6 nitrogen and oxygen atoms in total. The largest absolute Gasteiger partial charge is 0.472 e. The van der Waals surface area contributed by atoms with Crippen LogP contribution in [0.4, 0.5) is 0 Å². The van der Waals surface area contributed by atoms with E-state index in [-0.39, 0.29) is 5.91 Å². The number of carbonyl (C=O) groups excluding carboxylic acids is 1. The van der Waals surface area contributed by atoms with Crippen LogP contribution in [-0.2, 0) is 12.3 Å². The lowest BCUT2D eigenvalue weighted by Crippen LogP contribution is -2.30. The van der Waals surface area contributed by atoms with Gasteiger partial charge in [0.1, 0.15) is 6.33 Å². The van der Waals surface area contributed by atoms with Gasteiger partial charge in [0.2, 0.25) is 0 Å². The second kappa shape index (κ2) is 7.83. The number of aromatic amines is 1. The third-order valence-corrected chi connectivity index (χ3v) is 4.55. The molecule has 0 aliphatic heterocycles. The zero-order chi connectivity index (χ0) is 16.8. The minimum atomic E-state index is 0.0208. The minimum absolute atomic E-state index is 0.0208. The van der Waals surface area contributed by atoms with Gasteiger partial charge in [-0.15, -0.1) is 0 Å². The summed E-state index contributed by atoms with van der Waals surface area (Å²) < 4.78 is 5.09. The first kappa shape index (κ1) is 16.3. The van der Waals surface area contributed by atoms with Crippen molar-refractivity contribution in [3.63, 3.8) is 0 Å². The number of amides is 1. The van der Waals surface area contributed by atoms with Gasteiger partial charge in [0.05, 0.1) is 12.5 Å². The van der Waals surface area contributed by atoms with Crippen LogP contribution < -0.4 is 0 Å². The first-order valence-corrected chi connectivity index (χ1v) is 8.63. The molecule has 1 aromatic carbocycles. The quantitative estimate of drug-likeness (QED) is 0.667. The molecule has 0 bridgehead atoms. The smallest absolute Gasteiger partial charge is 0.254 e. The van der Waals surface area contributed by atoms with Crippen molar-refractivity contribution in [2.75, 3.05) is 6.54 Å². The highest BCUT2D eigenvalue weighted by Crippen LogP contribution is 2.22. The van der Waals surface area contributed by atoms with Crippen molar-refractivity contribution in [2.45, 2.75) is 24.4 Å². The summed E-state index contributed by atoms with van der Waals surface area (Å²) in [6, 6.07) is 9.56. The first-order chi connectivity index (χ1) is 11.8. The number of benzene rings is 1. The van der Waals surface area contributed by atoms with E-state index in [1.807, 2.05) is 42.2 Å². The molecule has 0 aliphatic rings. The summed E-state index contributed by atoms with van der Waals surface area (Å²) in [5.74, 6) is 0.674. The molecule has 0 saturated heterocycles. The summed E-state index contributed by atoms with van der Waals surface area (Å²) >= 11 is 1.52. The van der Waals surface area contributed by atoms with Crippen molar-refractivity contribution < 1.29 is 9.21 Å². The molecule has 124 valence electrons. The molecule has 0 radical (unpaired) electrons. The normalized spacial score (nSPS) is 10.7. The number of thioether (sulfide) groups is 1. The molecule has 0 saturated carbocycles. The number of hydrogen-bond donors (Lipinski definition) is 1. The van der Waals surface area contributed by atoms with E-state index in [9.17, 15) is 4.79 Å². The Morgan fingerprint density at radius 3 is 2.92 bits per heavy atom. The van der Waals surface area contributed by atoms with Crippen LogP contribution in [0.15, 0.2) is 58.8 Å². The summed E-state index contributed by atoms with van der Waals surface area (Å²) in [6.45, 7) is 3.15. The predicted molar refractivity (Wildman–Crippen MR) is 91.5 cm³/mol. The predicted octanol–water partition coefficient (Wildman–Crippen LogP) is 3.35. The van der Waals surface area contributed by atoms with Crippen LogP contribution in [0.3, 0.4) is 0 Å². The van der Waals surface area contributed by atoms with Gasteiger partial charge in [0.15, 0.2) is 5.16 Å². The molecule has 3 aromatic rings. The molecule has 3 rings (SSSR count). The number of aromatic nitrogens is 3. The standard InChI is InChI=1S/C17H18N4O2S/c1-2-21(9-13-7-8-23-10-13)16(22)15-6-4-3-5-14(15)11-24-17-18-12-19-20-17/h3-8,10,12H,2,9,11H2,1H3,(H,18,19,20). The number of nitrogens with zero attached hydrogens (tertiary/aromatic N) is 3. The molecule has 2 heterocycles. The molecule has 1 amide bonds. The fourth-order valence-electron chi connectivity index (χ4n) is 2.37. The fraction of sp³-hybridized carbons (Fsp3) is 0.235. The van der Waals surface area contributed by atoms with Crippen LogP contribution in [0.1, 0.15) is 28.4 Å². The first-order valence-electron chi connectivity index (χ1n) is 7.64. The van der Waals surface area contributed by atoms with Crippen LogP contribution in [-0.4, -0.2) is 32.5 Å². The van der Waals surface area contributed by atoms with Gasteiger partial charge in [0, 0.05) is 30.0 Å². The molecule has 0 spiro atoms. The van der Waals surface area contributed by atoms with Crippen LogP contribution >= 0.6 is 11.8 Å². The van der Waals surface area contributed by atoms with Gasteiger partial charge >= 0.3 is 0 Å². The van der Waals surface area contributed by atoms with Crippen molar-refractivity contribution in [1.29, 1.82) is 0 Å². The minimum Gasteiger partial charge on any atom is -0.472 e. The van der Waals surface area contributed by atoms with Gasteiger partial charge in [-0.25, -0.2) is 4.98 Å². The fourth-order valence-corrected chi connectivity index (χ4v) is 3.15. The average Bonchev–Trinajstić information content (AvgIpc) is 3.31. The summed E-state index contributed by atoms with van der Waals surface area (Å²) in [7, 11) is 0. The van der Waals surface area contributed by atoms with Crippen LogP contribution in [0.5, 0.6) is 0 Å². The van der Waals surface area contributed by atoms with E-state index in [0.717, 1.165) is 21.8 Å². The Labute approximate surface area is 144 Å². The summed E-state index contributed by atoms with van der Waals surface area (Å²) in [5, 5.41) is 7.39. The molecule has 2 aromatic heterocycles. The van der Waals surface area contributed by atoms with E-state index in [4.69, 9.17) is 4.42 Å². The van der Waals surface area contributed by atoms with Crippen LogP contribution in [0, 0.1) is 0 Å². The van der Waals surface area contributed by atoms with E-state index in [0.29, 0.717) is 18.8 Å². The molecule has 0 fully saturated rings. The average molecular weight is 342 g/mol. The number of rotatable bonds is 7. The highest BCUT2D eigenvalue weighted by atomic mass is 32.2. The van der Waals surface area contributed by atoms with Crippen molar-refractivity contribution in [1.82, 2.24) is 20.1 Å². The second-order valence-corrected chi connectivity index (χ2v) is 6.15. The molecular weight excluding hydrogens is 324 g/mol. The molecule has 0 aliphatic carbocycles. The Morgan fingerprint density at radius 2 is 2.21 bits per heavy atom. The number of hydrogen-bond acceptors (Lipinski definition) is 5. The molecule has 0 unspecified atom stereocenters. The lowest BCUT2D eigenvalue weighted by molar-refractivity contribution is 0.0751. The maximum Gasteiger partial charge on any atom is 0.254 e. The highest BCUT2D eigenvalue weighted by Gasteiger charge is 2.18. The number of carbonyl (C=O) groups is 1. The van der Waals surface area contributed by atoms with Gasteiger partial charge in [-0.05, 0) is 24.6 Å². The lowest BCUT2D eigenvalue weighted by Gasteiger charge is -2.21. The highest BCUT2D eigenvalue weighted by molar-refractivity contribution is 7.98. The third kappa shape index (κ3) is 3.86. The van der Waals surface area contributed by atoms with Crippen molar-refractivity contribution in [3.8, 4) is 0 Å². The zero-order valence-corrected chi connectivity index (χ0v) is 14.1. The van der Waals surface area contributed by atoms with Crippen molar-refractivity contribution >= 4 is 17.7 Å². The van der Waals surface area contributed by atoms with E-state index in [2.05, 4.69) is 15.2 Å². The Hall–Kier alpha value is -2.54. The summed E-state index contributed by atoms with van der Waals surface area (Å²) in [5.41, 5.74) is 2.68. The van der Waals surface area contributed by atoms with Gasteiger partial charge in [-0.3, -0.25) is 9.89 Å². The van der Waals surface area contributed by atoms with Crippen LogP contribution in [0.2, 0.25) is 0 Å². The maximum absolute atomic E-state index is 12.9. The summed E-state index contributed by atoms with van der Waals surface area (Å²) in [6.07, 6.45) is 4.76. The molecule has 7 heteroatoms. The Balaban J connectivity index is 1.75.